The quantitative estimate of drug-likeness (QED) is 0.494. The third-order valence-electron chi connectivity index (χ3n) is 3.81. The predicted molar refractivity (Wildman–Crippen MR) is 107 cm³/mol. The maximum Gasteiger partial charge on any atom is 0.316 e. The third kappa shape index (κ3) is 6.39. The summed E-state index contributed by atoms with van der Waals surface area (Å²) in [6.45, 7) is 3.61. The molecule has 0 aromatic heterocycles. The van der Waals surface area contributed by atoms with E-state index < -0.39 is 24.3 Å². The lowest BCUT2D eigenvalue weighted by Gasteiger charge is -2.22. The van der Waals surface area contributed by atoms with Crippen LogP contribution in [0.15, 0.2) is 47.4 Å². The second kappa shape index (κ2) is 10.5. The number of thioether (sulfide) groups is 1. The van der Waals surface area contributed by atoms with Gasteiger partial charge in [0.05, 0.1) is 18.2 Å². The number of nitriles is 1. The molecule has 0 unspecified atom stereocenters. The van der Waals surface area contributed by atoms with E-state index in [0.717, 1.165) is 22.9 Å². The molecule has 0 atom stereocenters. The summed E-state index contributed by atoms with van der Waals surface area (Å²) < 4.78 is 18.6. The van der Waals surface area contributed by atoms with E-state index in [0.29, 0.717) is 10.6 Å². The van der Waals surface area contributed by atoms with E-state index in [4.69, 9.17) is 10.00 Å². The van der Waals surface area contributed by atoms with Crippen molar-refractivity contribution in [3.63, 3.8) is 0 Å². The van der Waals surface area contributed by atoms with E-state index in [9.17, 15) is 14.0 Å². The van der Waals surface area contributed by atoms with Crippen LogP contribution in [0.5, 0.6) is 0 Å². The van der Waals surface area contributed by atoms with Crippen LogP contribution >= 0.6 is 11.8 Å². The molecular weight excluding hydrogens is 379 g/mol. The van der Waals surface area contributed by atoms with Gasteiger partial charge in [-0.1, -0.05) is 18.2 Å². The number of halogens is 1. The molecule has 0 heterocycles. The Labute approximate surface area is 168 Å². The number of amides is 1. The van der Waals surface area contributed by atoms with Gasteiger partial charge in [-0.05, 0) is 49.2 Å². The molecule has 1 amide bonds. The zero-order valence-electron chi connectivity index (χ0n) is 15.8. The van der Waals surface area contributed by atoms with Crippen molar-refractivity contribution in [2.45, 2.75) is 25.2 Å². The molecule has 7 heteroatoms. The zero-order valence-corrected chi connectivity index (χ0v) is 16.6. The molecule has 0 spiro atoms. The van der Waals surface area contributed by atoms with E-state index in [1.807, 2.05) is 38.1 Å². The number of rotatable bonds is 8. The Morgan fingerprint density at radius 2 is 1.86 bits per heavy atom. The standard InChI is InChI=1S/C21H21FN2O3S/c1-15-10-16(2)12-17(11-15)24(9-5-8-23)20(25)13-27-21(26)14-28-19-7-4-3-6-18(19)22/h3-4,6-7,10-12H,5,9,13-14H2,1-2H3. The highest BCUT2D eigenvalue weighted by molar-refractivity contribution is 8.00. The predicted octanol–water partition coefficient (Wildman–Crippen LogP) is 4.02. The normalized spacial score (nSPS) is 10.2. The molecule has 0 N–H and O–H groups in total. The number of hydrogen-bond donors (Lipinski definition) is 0. The van der Waals surface area contributed by atoms with Crippen LogP contribution in [0.3, 0.4) is 0 Å². The van der Waals surface area contributed by atoms with Gasteiger partial charge in [0.2, 0.25) is 0 Å². The molecule has 0 bridgehead atoms. The van der Waals surface area contributed by atoms with Crippen LogP contribution in [0.25, 0.3) is 0 Å². The van der Waals surface area contributed by atoms with Gasteiger partial charge < -0.3 is 9.64 Å². The van der Waals surface area contributed by atoms with E-state index in [2.05, 4.69) is 0 Å². The van der Waals surface area contributed by atoms with Crippen LogP contribution in [0.4, 0.5) is 10.1 Å². The highest BCUT2D eigenvalue weighted by Crippen LogP contribution is 2.22. The number of benzene rings is 2. The monoisotopic (exact) mass is 400 g/mol. The number of nitrogens with zero attached hydrogens (tertiary/aromatic N) is 2. The molecule has 0 radical (unpaired) electrons. The van der Waals surface area contributed by atoms with E-state index in [-0.39, 0.29) is 18.7 Å². The summed E-state index contributed by atoms with van der Waals surface area (Å²) in [5.74, 6) is -1.53. The third-order valence-corrected chi connectivity index (χ3v) is 4.83. The second-order valence-corrected chi connectivity index (χ2v) is 7.20. The van der Waals surface area contributed by atoms with Crippen LogP contribution in [0.2, 0.25) is 0 Å². The summed E-state index contributed by atoms with van der Waals surface area (Å²) >= 11 is 1.01. The summed E-state index contributed by atoms with van der Waals surface area (Å²) in [6, 6.07) is 13.8. The molecule has 5 nitrogen and oxygen atoms in total. The Bertz CT molecular complexity index is 875. The lowest BCUT2D eigenvalue weighted by Crippen LogP contribution is -2.35. The number of carbonyl (C=O) groups is 2. The van der Waals surface area contributed by atoms with Crippen molar-refractivity contribution in [1.82, 2.24) is 0 Å². The van der Waals surface area contributed by atoms with Crippen molar-refractivity contribution >= 4 is 29.3 Å². The molecule has 0 fully saturated rings. The molecule has 0 saturated carbocycles. The molecular formula is C21H21FN2O3S. The molecule has 2 aromatic rings. The van der Waals surface area contributed by atoms with E-state index >= 15 is 0 Å². The number of anilines is 1. The van der Waals surface area contributed by atoms with E-state index in [1.54, 1.807) is 18.2 Å². The first-order valence-electron chi connectivity index (χ1n) is 8.69. The number of esters is 1. The van der Waals surface area contributed by atoms with Crippen molar-refractivity contribution < 1.29 is 18.7 Å². The maximum atomic E-state index is 13.6. The van der Waals surface area contributed by atoms with Gasteiger partial charge in [-0.2, -0.15) is 5.26 Å². The molecule has 0 aliphatic heterocycles. The second-order valence-electron chi connectivity index (χ2n) is 6.18. The minimum absolute atomic E-state index is 0.101. The van der Waals surface area contributed by atoms with Crippen LogP contribution in [0.1, 0.15) is 17.5 Å². The first-order valence-corrected chi connectivity index (χ1v) is 9.68. The summed E-state index contributed by atoms with van der Waals surface area (Å²) in [4.78, 5) is 26.3. The number of carbonyl (C=O) groups excluding carboxylic acids is 2. The summed E-state index contributed by atoms with van der Waals surface area (Å²) in [7, 11) is 0. The topological polar surface area (TPSA) is 70.4 Å². The minimum Gasteiger partial charge on any atom is -0.455 e. The van der Waals surface area contributed by atoms with Crippen molar-refractivity contribution in [3.8, 4) is 6.07 Å². The number of ether oxygens (including phenoxy) is 1. The van der Waals surface area contributed by atoms with Gasteiger partial charge in [-0.25, -0.2) is 4.39 Å². The van der Waals surface area contributed by atoms with Gasteiger partial charge in [-0.3, -0.25) is 9.59 Å². The first kappa shape index (κ1) is 21.5. The average molecular weight is 400 g/mol. The Hall–Kier alpha value is -2.85. The van der Waals surface area contributed by atoms with Gasteiger partial charge in [0.15, 0.2) is 6.61 Å². The first-order chi connectivity index (χ1) is 13.4. The Balaban J connectivity index is 1.96. The highest BCUT2D eigenvalue weighted by atomic mass is 32.2. The van der Waals surface area contributed by atoms with Gasteiger partial charge >= 0.3 is 5.97 Å². The van der Waals surface area contributed by atoms with Crippen LogP contribution < -0.4 is 4.90 Å². The minimum atomic E-state index is -0.609. The van der Waals surface area contributed by atoms with Gasteiger partial charge in [0.25, 0.3) is 5.91 Å². The number of hydrogen-bond acceptors (Lipinski definition) is 5. The zero-order chi connectivity index (χ0) is 20.5. The SMILES string of the molecule is Cc1cc(C)cc(N(CCC#N)C(=O)COC(=O)CSc2ccccc2F)c1. The van der Waals surface area contributed by atoms with Gasteiger partial charge in [-0.15, -0.1) is 11.8 Å². The van der Waals surface area contributed by atoms with Crippen molar-refractivity contribution in [1.29, 1.82) is 5.26 Å². The van der Waals surface area contributed by atoms with Crippen molar-refractivity contribution in [3.05, 3.63) is 59.4 Å². The Kier molecular flexibility index (Phi) is 8.02. The van der Waals surface area contributed by atoms with Crippen molar-refractivity contribution in [2.24, 2.45) is 0 Å². The average Bonchev–Trinajstić information content (AvgIpc) is 2.65. The lowest BCUT2D eigenvalue weighted by molar-refractivity contribution is -0.145. The summed E-state index contributed by atoms with van der Waals surface area (Å²) in [5.41, 5.74) is 2.64. The van der Waals surface area contributed by atoms with Gasteiger partial charge in [0, 0.05) is 17.1 Å². The fourth-order valence-corrected chi connectivity index (χ4v) is 3.36. The summed E-state index contributed by atoms with van der Waals surface area (Å²) in [6.07, 6.45) is 0.163. The fraction of sp³-hybridized carbons (Fsp3) is 0.286. The van der Waals surface area contributed by atoms with Crippen molar-refractivity contribution in [2.75, 3.05) is 23.8 Å². The molecule has 2 rings (SSSR count). The Morgan fingerprint density at radius 3 is 2.50 bits per heavy atom. The van der Waals surface area contributed by atoms with Gasteiger partial charge in [0.1, 0.15) is 5.82 Å². The molecule has 2 aromatic carbocycles. The van der Waals surface area contributed by atoms with E-state index in [1.165, 1.54) is 11.0 Å². The molecule has 0 aliphatic carbocycles. The molecule has 0 saturated heterocycles. The smallest absolute Gasteiger partial charge is 0.316 e. The van der Waals surface area contributed by atoms with Crippen LogP contribution in [-0.2, 0) is 14.3 Å². The molecule has 28 heavy (non-hydrogen) atoms. The highest BCUT2D eigenvalue weighted by Gasteiger charge is 2.18. The van der Waals surface area contributed by atoms with Crippen LogP contribution in [0, 0.1) is 31.0 Å². The largest absolute Gasteiger partial charge is 0.455 e. The number of aryl methyl sites for hydroxylation is 2. The fourth-order valence-electron chi connectivity index (χ4n) is 2.63. The maximum absolute atomic E-state index is 13.6. The van der Waals surface area contributed by atoms with Crippen LogP contribution in [-0.4, -0.2) is 30.8 Å². The summed E-state index contributed by atoms with van der Waals surface area (Å²) in [5, 5.41) is 8.87. The molecule has 146 valence electrons. The Morgan fingerprint density at radius 1 is 1.18 bits per heavy atom. The lowest BCUT2D eigenvalue weighted by atomic mass is 10.1. The molecule has 0 aliphatic rings.